The summed E-state index contributed by atoms with van der Waals surface area (Å²) in [6, 6.07) is 12.3. The van der Waals surface area contributed by atoms with Gasteiger partial charge in [-0.25, -0.2) is 4.98 Å². The van der Waals surface area contributed by atoms with E-state index in [0.29, 0.717) is 24.9 Å². The van der Waals surface area contributed by atoms with Gasteiger partial charge in [-0.15, -0.1) is 0 Å². The largest absolute Gasteiger partial charge is 0.486 e. The Kier molecular flexibility index (Phi) is 4.28. The van der Waals surface area contributed by atoms with E-state index in [4.69, 9.17) is 14.5 Å². The van der Waals surface area contributed by atoms with E-state index in [2.05, 4.69) is 12.1 Å². The molecule has 1 saturated heterocycles. The summed E-state index contributed by atoms with van der Waals surface area (Å²) >= 11 is 0. The van der Waals surface area contributed by atoms with E-state index in [1.165, 1.54) is 16.9 Å². The van der Waals surface area contributed by atoms with Crippen molar-refractivity contribution in [2.45, 2.75) is 32.4 Å². The third kappa shape index (κ3) is 3.14. The average molecular weight is 378 g/mol. The number of quaternary nitrogens is 1. The Balaban J connectivity index is 1.42. The highest BCUT2D eigenvalue weighted by Gasteiger charge is 2.31. The van der Waals surface area contributed by atoms with Gasteiger partial charge in [0.25, 0.3) is 5.56 Å². The summed E-state index contributed by atoms with van der Waals surface area (Å²) in [5.41, 5.74) is 3.87. The third-order valence-corrected chi connectivity index (χ3v) is 5.72. The van der Waals surface area contributed by atoms with E-state index in [1.807, 2.05) is 31.3 Å². The highest BCUT2D eigenvalue weighted by atomic mass is 16.6. The van der Waals surface area contributed by atoms with Gasteiger partial charge in [0.05, 0.1) is 6.54 Å². The molecule has 28 heavy (non-hydrogen) atoms. The molecule has 144 valence electrons. The van der Waals surface area contributed by atoms with Crippen molar-refractivity contribution in [3.8, 4) is 11.5 Å². The lowest BCUT2D eigenvalue weighted by atomic mass is 10.0. The summed E-state index contributed by atoms with van der Waals surface area (Å²) in [5, 5.41) is 0. The van der Waals surface area contributed by atoms with Crippen LogP contribution in [0.4, 0.5) is 0 Å². The Morgan fingerprint density at radius 1 is 1.14 bits per heavy atom. The first-order valence-electron chi connectivity index (χ1n) is 9.90. The zero-order valence-electron chi connectivity index (χ0n) is 16.0. The molecule has 0 saturated carbocycles. The fourth-order valence-electron chi connectivity index (χ4n) is 4.38. The van der Waals surface area contributed by atoms with E-state index in [0.717, 1.165) is 42.3 Å². The van der Waals surface area contributed by atoms with Gasteiger partial charge in [-0.1, -0.05) is 6.07 Å². The molecule has 3 aromatic rings. The number of ether oxygens (including phenoxy) is 2. The molecule has 1 N–H and O–H groups in total. The molecule has 2 aliphatic heterocycles. The third-order valence-electron chi connectivity index (χ3n) is 5.72. The number of fused-ring (bicyclic) bond motifs is 2. The zero-order valence-corrected chi connectivity index (χ0v) is 16.0. The minimum absolute atomic E-state index is 0.0156. The van der Waals surface area contributed by atoms with Crippen LogP contribution in [-0.2, 0) is 6.54 Å². The quantitative estimate of drug-likeness (QED) is 0.754. The summed E-state index contributed by atoms with van der Waals surface area (Å²) in [6.45, 7) is 5.01. The molecule has 0 amide bonds. The van der Waals surface area contributed by atoms with Crippen molar-refractivity contribution in [3.05, 3.63) is 69.8 Å². The first-order valence-corrected chi connectivity index (χ1v) is 9.90. The van der Waals surface area contributed by atoms with Gasteiger partial charge in [0.15, 0.2) is 11.5 Å². The van der Waals surface area contributed by atoms with Crippen LogP contribution in [-0.4, -0.2) is 29.1 Å². The maximum absolute atomic E-state index is 12.5. The van der Waals surface area contributed by atoms with Crippen molar-refractivity contribution >= 4 is 5.65 Å². The average Bonchev–Trinajstić information content (AvgIpc) is 3.16. The fraction of sp³-hybridized carbons (Fsp3) is 0.364. The number of nitrogens with one attached hydrogen (secondary N) is 1. The van der Waals surface area contributed by atoms with E-state index >= 15 is 0 Å². The highest BCUT2D eigenvalue weighted by molar-refractivity contribution is 5.44. The van der Waals surface area contributed by atoms with Crippen LogP contribution >= 0.6 is 0 Å². The molecule has 5 rings (SSSR count). The van der Waals surface area contributed by atoms with Crippen molar-refractivity contribution in [1.82, 2.24) is 9.38 Å². The minimum atomic E-state index is -0.0156. The lowest BCUT2D eigenvalue weighted by molar-refractivity contribution is -0.932. The van der Waals surface area contributed by atoms with Crippen molar-refractivity contribution in [3.63, 3.8) is 0 Å². The Labute approximate surface area is 163 Å². The van der Waals surface area contributed by atoms with Crippen LogP contribution in [0.2, 0.25) is 0 Å². The first-order chi connectivity index (χ1) is 13.7. The van der Waals surface area contributed by atoms with Gasteiger partial charge in [-0.2, -0.15) is 0 Å². The second-order valence-corrected chi connectivity index (χ2v) is 7.70. The number of hydrogen-bond donors (Lipinski definition) is 1. The maximum atomic E-state index is 12.5. The number of benzene rings is 1. The molecular weight excluding hydrogens is 354 g/mol. The standard InChI is InChI=1S/C22H23N3O3/c1-15-4-7-21-23-17(12-22(26)25(21)13-15)14-24-8-2-3-18(24)16-5-6-19-20(11-16)28-10-9-27-19/h4-7,11-13,18H,2-3,8-10,14H2,1H3/p+1/t18-/m1/s1. The van der Waals surface area contributed by atoms with Gasteiger partial charge in [0, 0.05) is 30.7 Å². The maximum Gasteiger partial charge on any atom is 0.258 e. The predicted octanol–water partition coefficient (Wildman–Crippen LogP) is 1.69. The molecule has 2 aromatic heterocycles. The van der Waals surface area contributed by atoms with Crippen LogP contribution in [0.25, 0.3) is 5.65 Å². The SMILES string of the molecule is Cc1ccc2nc(C[NH+]3CCC[C@@H]3c3ccc4c(c3)OCCO4)cc(=O)n2c1. The smallest absolute Gasteiger partial charge is 0.258 e. The minimum Gasteiger partial charge on any atom is -0.486 e. The van der Waals surface area contributed by atoms with Gasteiger partial charge in [0.2, 0.25) is 0 Å². The number of hydrogen-bond acceptors (Lipinski definition) is 4. The molecule has 2 aliphatic rings. The van der Waals surface area contributed by atoms with E-state index < -0.39 is 0 Å². The van der Waals surface area contributed by atoms with Crippen LogP contribution in [0, 0.1) is 6.92 Å². The lowest BCUT2D eigenvalue weighted by Crippen LogP contribution is -3.09. The zero-order chi connectivity index (χ0) is 19.1. The Morgan fingerprint density at radius 2 is 2.00 bits per heavy atom. The number of likely N-dealkylation sites (tertiary alicyclic amines) is 1. The second kappa shape index (κ2) is 6.95. The number of rotatable bonds is 3. The molecule has 0 radical (unpaired) electrons. The van der Waals surface area contributed by atoms with Gasteiger partial charge < -0.3 is 14.4 Å². The summed E-state index contributed by atoms with van der Waals surface area (Å²) in [5.74, 6) is 1.67. The Morgan fingerprint density at radius 3 is 2.89 bits per heavy atom. The summed E-state index contributed by atoms with van der Waals surface area (Å²) in [6.07, 6.45) is 4.14. The topological polar surface area (TPSA) is 57.3 Å². The molecule has 0 spiro atoms. The Bertz CT molecular complexity index is 1090. The van der Waals surface area contributed by atoms with Crippen molar-refractivity contribution in [2.24, 2.45) is 0 Å². The monoisotopic (exact) mass is 378 g/mol. The summed E-state index contributed by atoms with van der Waals surface area (Å²) in [4.78, 5) is 18.7. The summed E-state index contributed by atoms with van der Waals surface area (Å²) < 4.78 is 13.0. The van der Waals surface area contributed by atoms with Gasteiger partial charge in [-0.3, -0.25) is 9.20 Å². The van der Waals surface area contributed by atoms with Crippen LogP contribution in [0.3, 0.4) is 0 Å². The van der Waals surface area contributed by atoms with Crippen LogP contribution < -0.4 is 19.9 Å². The van der Waals surface area contributed by atoms with Crippen molar-refractivity contribution in [2.75, 3.05) is 19.8 Å². The number of nitrogens with zero attached hydrogens (tertiary/aromatic N) is 2. The highest BCUT2D eigenvalue weighted by Crippen LogP contribution is 2.33. The fourth-order valence-corrected chi connectivity index (χ4v) is 4.38. The molecule has 1 aromatic carbocycles. The van der Waals surface area contributed by atoms with Crippen LogP contribution in [0.5, 0.6) is 11.5 Å². The number of aryl methyl sites for hydroxylation is 1. The molecule has 0 aliphatic carbocycles. The second-order valence-electron chi connectivity index (χ2n) is 7.70. The van der Waals surface area contributed by atoms with E-state index in [9.17, 15) is 4.79 Å². The van der Waals surface area contributed by atoms with Gasteiger partial charge in [0.1, 0.15) is 37.1 Å². The first kappa shape index (κ1) is 17.3. The molecule has 6 heteroatoms. The summed E-state index contributed by atoms with van der Waals surface area (Å²) in [7, 11) is 0. The molecule has 6 nitrogen and oxygen atoms in total. The van der Waals surface area contributed by atoms with Crippen LogP contribution in [0.15, 0.2) is 47.4 Å². The number of pyridine rings is 1. The Hall–Kier alpha value is -2.86. The van der Waals surface area contributed by atoms with E-state index in [-0.39, 0.29) is 5.56 Å². The van der Waals surface area contributed by atoms with Crippen molar-refractivity contribution < 1.29 is 14.4 Å². The van der Waals surface area contributed by atoms with Gasteiger partial charge >= 0.3 is 0 Å². The van der Waals surface area contributed by atoms with Crippen LogP contribution in [0.1, 0.15) is 35.7 Å². The van der Waals surface area contributed by atoms with E-state index in [1.54, 1.807) is 10.5 Å². The lowest BCUT2D eigenvalue weighted by Gasteiger charge is -2.24. The molecular formula is C22H24N3O3+. The molecule has 1 fully saturated rings. The predicted molar refractivity (Wildman–Crippen MR) is 105 cm³/mol. The molecule has 0 bridgehead atoms. The molecule has 1 unspecified atom stereocenters. The molecule has 4 heterocycles. The van der Waals surface area contributed by atoms with Gasteiger partial charge in [-0.05, 0) is 36.8 Å². The van der Waals surface area contributed by atoms with Crippen molar-refractivity contribution in [1.29, 1.82) is 0 Å². The normalized spacial score (nSPS) is 21.2. The molecule has 2 atom stereocenters. The number of aromatic nitrogens is 2.